The largest absolute Gasteiger partial charge is 0.381 e. The molecule has 0 aromatic carbocycles. The lowest BCUT2D eigenvalue weighted by atomic mass is 9.81. The topological polar surface area (TPSA) is 79.5 Å². The smallest absolute Gasteiger partial charge is 0.321 e. The van der Waals surface area contributed by atoms with Gasteiger partial charge in [0.15, 0.2) is 0 Å². The van der Waals surface area contributed by atoms with Crippen molar-refractivity contribution in [1.29, 1.82) is 0 Å². The molecule has 98 valence electrons. The summed E-state index contributed by atoms with van der Waals surface area (Å²) in [7, 11) is 1.83. The molecule has 1 heterocycles. The van der Waals surface area contributed by atoms with Crippen LogP contribution < -0.4 is 16.0 Å². The fourth-order valence-electron chi connectivity index (χ4n) is 2.25. The van der Waals surface area contributed by atoms with E-state index in [1.54, 1.807) is 0 Å². The molecule has 3 amide bonds. The third-order valence-electron chi connectivity index (χ3n) is 3.19. The molecule has 0 bridgehead atoms. The van der Waals surface area contributed by atoms with Crippen LogP contribution in [0.25, 0.3) is 0 Å². The van der Waals surface area contributed by atoms with Crippen LogP contribution in [0.4, 0.5) is 4.79 Å². The molecule has 0 aromatic heterocycles. The number of imide groups is 1. The normalized spacial score (nSPS) is 23.5. The summed E-state index contributed by atoms with van der Waals surface area (Å²) in [5, 5.41) is 8.01. The van der Waals surface area contributed by atoms with Gasteiger partial charge >= 0.3 is 6.03 Å². The van der Waals surface area contributed by atoms with Crippen LogP contribution in [-0.4, -0.2) is 44.8 Å². The zero-order chi connectivity index (χ0) is 12.7. The first-order chi connectivity index (χ1) is 8.12. The highest BCUT2D eigenvalue weighted by molar-refractivity contribution is 5.84. The Bertz CT molecular complexity index is 267. The molecular formula is C11H21N3O3. The fraction of sp³-hybridized carbons (Fsp3) is 0.818. The Morgan fingerprint density at radius 2 is 2.35 bits per heavy atom. The van der Waals surface area contributed by atoms with Gasteiger partial charge in [-0.05, 0) is 26.8 Å². The number of carbonyl (C=O) groups is 2. The molecule has 0 saturated carbocycles. The molecule has 2 atom stereocenters. The van der Waals surface area contributed by atoms with E-state index in [4.69, 9.17) is 4.74 Å². The molecule has 0 spiro atoms. The van der Waals surface area contributed by atoms with Gasteiger partial charge in [0, 0.05) is 19.1 Å². The van der Waals surface area contributed by atoms with Crippen molar-refractivity contribution < 1.29 is 14.3 Å². The maximum atomic E-state index is 11.5. The molecule has 1 fully saturated rings. The van der Waals surface area contributed by atoms with Crippen molar-refractivity contribution in [3.63, 3.8) is 0 Å². The lowest BCUT2D eigenvalue weighted by molar-refractivity contribution is -0.108. The first-order valence-electron chi connectivity index (χ1n) is 5.87. The highest BCUT2D eigenvalue weighted by atomic mass is 16.5. The summed E-state index contributed by atoms with van der Waals surface area (Å²) < 4.78 is 5.45. The zero-order valence-electron chi connectivity index (χ0n) is 10.4. The number of carbonyl (C=O) groups excluding carboxylic acids is 2. The minimum Gasteiger partial charge on any atom is -0.381 e. The van der Waals surface area contributed by atoms with E-state index in [0.29, 0.717) is 19.6 Å². The van der Waals surface area contributed by atoms with Crippen molar-refractivity contribution in [3.05, 3.63) is 0 Å². The number of nitrogens with one attached hydrogen (secondary N) is 3. The van der Waals surface area contributed by atoms with Crippen LogP contribution >= 0.6 is 0 Å². The van der Waals surface area contributed by atoms with Gasteiger partial charge in [-0.3, -0.25) is 10.1 Å². The molecule has 1 aliphatic rings. The zero-order valence-corrected chi connectivity index (χ0v) is 10.4. The number of hydrogen-bond donors (Lipinski definition) is 3. The van der Waals surface area contributed by atoms with E-state index in [2.05, 4.69) is 16.0 Å². The van der Waals surface area contributed by atoms with Gasteiger partial charge in [0.25, 0.3) is 0 Å². The highest BCUT2D eigenvalue weighted by Crippen LogP contribution is 2.25. The summed E-state index contributed by atoms with van der Waals surface area (Å²) in [4.78, 5) is 21.7. The van der Waals surface area contributed by atoms with Crippen molar-refractivity contribution in [2.75, 3.05) is 26.8 Å². The second-order valence-electron chi connectivity index (χ2n) is 4.58. The van der Waals surface area contributed by atoms with E-state index >= 15 is 0 Å². The predicted octanol–water partition coefficient (Wildman–Crippen LogP) is -0.153. The fourth-order valence-corrected chi connectivity index (χ4v) is 2.25. The molecule has 0 aliphatic carbocycles. The molecule has 1 rings (SSSR count). The van der Waals surface area contributed by atoms with E-state index < -0.39 is 11.6 Å². The Hall–Kier alpha value is -1.14. The number of ether oxygens (including phenoxy) is 1. The molecule has 1 saturated heterocycles. The van der Waals surface area contributed by atoms with Crippen LogP contribution in [-0.2, 0) is 9.53 Å². The molecule has 3 N–H and O–H groups in total. The van der Waals surface area contributed by atoms with E-state index in [1.165, 1.54) is 0 Å². The van der Waals surface area contributed by atoms with Gasteiger partial charge in [-0.2, -0.15) is 0 Å². The average Bonchev–Trinajstić information content (AvgIpc) is 2.30. The first-order valence-corrected chi connectivity index (χ1v) is 5.87. The highest BCUT2D eigenvalue weighted by Gasteiger charge is 2.36. The summed E-state index contributed by atoms with van der Waals surface area (Å²) in [5.74, 6) is 0.251. The van der Waals surface area contributed by atoms with Crippen LogP contribution in [0.5, 0.6) is 0 Å². The molecule has 1 aliphatic heterocycles. The molecule has 2 unspecified atom stereocenters. The van der Waals surface area contributed by atoms with Gasteiger partial charge in [0.05, 0.1) is 12.1 Å². The summed E-state index contributed by atoms with van der Waals surface area (Å²) in [6.07, 6.45) is 2.40. The van der Waals surface area contributed by atoms with Gasteiger partial charge in [-0.25, -0.2) is 4.79 Å². The van der Waals surface area contributed by atoms with Gasteiger partial charge in [0.2, 0.25) is 6.41 Å². The van der Waals surface area contributed by atoms with Gasteiger partial charge in [-0.15, -0.1) is 0 Å². The minimum atomic E-state index is -0.469. The van der Waals surface area contributed by atoms with Crippen LogP contribution in [0.15, 0.2) is 0 Å². The van der Waals surface area contributed by atoms with Crippen molar-refractivity contribution in [2.24, 2.45) is 5.92 Å². The Labute approximate surface area is 101 Å². The molecule has 0 aromatic rings. The van der Waals surface area contributed by atoms with E-state index in [9.17, 15) is 9.59 Å². The van der Waals surface area contributed by atoms with Crippen molar-refractivity contribution >= 4 is 12.4 Å². The van der Waals surface area contributed by atoms with E-state index in [0.717, 1.165) is 19.4 Å². The average molecular weight is 243 g/mol. The minimum absolute atomic E-state index is 0.251. The Balaban J connectivity index is 2.65. The third kappa shape index (κ3) is 3.98. The summed E-state index contributed by atoms with van der Waals surface area (Å²) in [6, 6.07) is -0.469. The molecule has 6 nitrogen and oxygen atoms in total. The van der Waals surface area contributed by atoms with E-state index in [-0.39, 0.29) is 5.92 Å². The van der Waals surface area contributed by atoms with Crippen LogP contribution in [0.1, 0.15) is 19.8 Å². The summed E-state index contributed by atoms with van der Waals surface area (Å²) >= 11 is 0. The van der Waals surface area contributed by atoms with Gasteiger partial charge in [-0.1, -0.05) is 0 Å². The predicted molar refractivity (Wildman–Crippen MR) is 63.6 cm³/mol. The quantitative estimate of drug-likeness (QED) is 0.587. The first kappa shape index (κ1) is 13.9. The monoisotopic (exact) mass is 243 g/mol. The van der Waals surface area contributed by atoms with Gasteiger partial charge < -0.3 is 15.4 Å². The van der Waals surface area contributed by atoms with Gasteiger partial charge in [0.1, 0.15) is 0 Å². The van der Waals surface area contributed by atoms with Crippen molar-refractivity contribution in [1.82, 2.24) is 16.0 Å². The third-order valence-corrected chi connectivity index (χ3v) is 3.19. The number of urea groups is 1. The van der Waals surface area contributed by atoms with Crippen LogP contribution in [0, 0.1) is 5.92 Å². The summed E-state index contributed by atoms with van der Waals surface area (Å²) in [6.45, 7) is 4.02. The second kappa shape index (κ2) is 6.56. The summed E-state index contributed by atoms with van der Waals surface area (Å²) in [5.41, 5.74) is -0.414. The maximum Gasteiger partial charge on any atom is 0.321 e. The second-order valence-corrected chi connectivity index (χ2v) is 4.58. The van der Waals surface area contributed by atoms with Crippen molar-refractivity contribution in [3.8, 4) is 0 Å². The van der Waals surface area contributed by atoms with Crippen LogP contribution in [0.3, 0.4) is 0 Å². The number of likely N-dealkylation sites (N-methyl/N-ethyl adjacent to an activating group) is 1. The SMILES string of the molecule is CNCC(C)(NC(=O)NC=O)C1CCCOC1. The Morgan fingerprint density at radius 1 is 1.59 bits per heavy atom. The molecule has 17 heavy (non-hydrogen) atoms. The maximum absolute atomic E-state index is 11.5. The van der Waals surface area contributed by atoms with Crippen molar-refractivity contribution in [2.45, 2.75) is 25.3 Å². The number of rotatable bonds is 5. The van der Waals surface area contributed by atoms with E-state index in [1.807, 2.05) is 14.0 Å². The molecule has 0 radical (unpaired) electrons. The molecule has 6 heteroatoms. The lowest BCUT2D eigenvalue weighted by Gasteiger charge is -2.40. The van der Waals surface area contributed by atoms with Crippen LogP contribution in [0.2, 0.25) is 0 Å². The Morgan fingerprint density at radius 3 is 2.88 bits per heavy atom. The Kier molecular flexibility index (Phi) is 5.37. The lowest BCUT2D eigenvalue weighted by Crippen LogP contribution is -2.60. The standard InChI is InChI=1S/C11H21N3O3/c1-11(7-12-2,14-10(16)13-8-15)9-4-3-5-17-6-9/h8-9,12H,3-7H2,1-2H3,(H2,13,14,15,16). The number of amides is 3. The molecular weight excluding hydrogens is 222 g/mol. The number of hydrogen-bond acceptors (Lipinski definition) is 4.